The summed E-state index contributed by atoms with van der Waals surface area (Å²) in [5.74, 6) is 0.468. The second-order valence-electron chi connectivity index (χ2n) is 5.82. The van der Waals surface area contributed by atoms with E-state index < -0.39 is 6.03 Å². The van der Waals surface area contributed by atoms with E-state index in [0.717, 1.165) is 0 Å². The molecule has 0 radical (unpaired) electrons. The molecule has 0 heterocycles. The van der Waals surface area contributed by atoms with Crippen LogP contribution in [0.5, 0.6) is 11.5 Å². The van der Waals surface area contributed by atoms with Crippen LogP contribution in [0.15, 0.2) is 42.5 Å². The van der Waals surface area contributed by atoms with Gasteiger partial charge in [-0.25, -0.2) is 4.79 Å². The summed E-state index contributed by atoms with van der Waals surface area (Å²) in [6, 6.07) is 11.5. The van der Waals surface area contributed by atoms with Gasteiger partial charge in [0.15, 0.2) is 0 Å². The van der Waals surface area contributed by atoms with Gasteiger partial charge in [-0.2, -0.15) is 0 Å². The van der Waals surface area contributed by atoms with Crippen molar-refractivity contribution >= 4 is 41.4 Å². The Hall–Kier alpha value is -2.97. The molecule has 2 rings (SSSR count). The average Bonchev–Trinajstić information content (AvgIpc) is 2.67. The fourth-order valence-corrected chi connectivity index (χ4v) is 2.28. The Morgan fingerprint density at radius 1 is 0.964 bits per heavy atom. The number of amides is 3. The lowest BCUT2D eigenvalue weighted by atomic mass is 10.1. The number of methoxy groups -OCH3 is 2. The Labute approximate surface area is 170 Å². The van der Waals surface area contributed by atoms with Crippen LogP contribution in [0.25, 0.3) is 0 Å². The molecule has 0 aliphatic carbocycles. The van der Waals surface area contributed by atoms with E-state index in [0.29, 0.717) is 28.6 Å². The Bertz CT molecular complexity index is 816. The summed E-state index contributed by atoms with van der Waals surface area (Å²) >= 11 is 0. The molecule has 2 aromatic rings. The van der Waals surface area contributed by atoms with Crippen molar-refractivity contribution in [3.8, 4) is 11.5 Å². The molecule has 1 atom stereocenters. The topological polar surface area (TPSA) is 115 Å². The number of urea groups is 1. The van der Waals surface area contributed by atoms with Gasteiger partial charge in [0.25, 0.3) is 0 Å². The zero-order valence-corrected chi connectivity index (χ0v) is 16.8. The molecule has 0 bridgehead atoms. The molecule has 0 fully saturated rings. The summed E-state index contributed by atoms with van der Waals surface area (Å²) in [5.41, 5.74) is 6.96. The smallest absolute Gasteiger partial charge is 0.323 e. The molecule has 0 saturated carbocycles. The fraction of sp³-hybridized carbons (Fsp3) is 0.263. The largest absolute Gasteiger partial charge is 0.495 e. The van der Waals surface area contributed by atoms with Gasteiger partial charge in [-0.05, 0) is 30.3 Å². The Kier molecular flexibility index (Phi) is 9.07. The number of hydrogen-bond acceptors (Lipinski definition) is 5. The van der Waals surface area contributed by atoms with Gasteiger partial charge in [0, 0.05) is 18.2 Å². The van der Waals surface area contributed by atoms with E-state index in [9.17, 15) is 9.59 Å². The van der Waals surface area contributed by atoms with Crippen molar-refractivity contribution in [2.45, 2.75) is 6.92 Å². The number of ether oxygens (including phenoxy) is 2. The van der Waals surface area contributed by atoms with Crippen molar-refractivity contribution in [1.82, 2.24) is 0 Å². The molecule has 2 aromatic carbocycles. The van der Waals surface area contributed by atoms with Gasteiger partial charge in [-0.1, -0.05) is 19.1 Å². The van der Waals surface area contributed by atoms with E-state index in [2.05, 4.69) is 16.0 Å². The normalized spacial score (nSPS) is 10.9. The molecule has 3 amide bonds. The molecule has 28 heavy (non-hydrogen) atoms. The van der Waals surface area contributed by atoms with Gasteiger partial charge in [-0.3, -0.25) is 4.79 Å². The Balaban J connectivity index is 0.00000392. The lowest BCUT2D eigenvalue weighted by molar-refractivity contribution is -0.119. The maximum atomic E-state index is 12.4. The number of anilines is 3. The number of para-hydroxylation sites is 2. The highest BCUT2D eigenvalue weighted by atomic mass is 35.5. The monoisotopic (exact) mass is 408 g/mol. The molecule has 8 nitrogen and oxygen atoms in total. The van der Waals surface area contributed by atoms with Crippen LogP contribution in [0.2, 0.25) is 0 Å². The van der Waals surface area contributed by atoms with E-state index in [4.69, 9.17) is 15.2 Å². The summed E-state index contributed by atoms with van der Waals surface area (Å²) in [6.45, 7) is 1.98. The molecular formula is C19H25ClN4O4. The molecule has 0 aliphatic rings. The molecule has 0 aromatic heterocycles. The number of nitrogens with one attached hydrogen (secondary N) is 3. The molecule has 0 spiro atoms. The number of halogens is 1. The minimum atomic E-state index is -0.475. The third-order valence-corrected chi connectivity index (χ3v) is 3.87. The first kappa shape index (κ1) is 23.1. The highest BCUT2D eigenvalue weighted by Crippen LogP contribution is 2.29. The van der Waals surface area contributed by atoms with E-state index >= 15 is 0 Å². The van der Waals surface area contributed by atoms with Crippen LogP contribution in [0.1, 0.15) is 6.92 Å². The van der Waals surface area contributed by atoms with Crippen LogP contribution in [-0.4, -0.2) is 32.7 Å². The zero-order chi connectivity index (χ0) is 19.8. The Morgan fingerprint density at radius 3 is 2.21 bits per heavy atom. The first-order valence-corrected chi connectivity index (χ1v) is 8.38. The van der Waals surface area contributed by atoms with E-state index in [1.807, 2.05) is 0 Å². The molecule has 152 valence electrons. The number of benzene rings is 2. The van der Waals surface area contributed by atoms with E-state index in [-0.39, 0.29) is 30.8 Å². The standard InChI is InChI=1S/C19H24N4O4.ClH/c1-12(11-20)18(24)21-13-8-9-17(27-3)15(10-13)23-19(25)22-14-6-4-5-7-16(14)26-2;/h4-10,12H,11,20H2,1-3H3,(H,21,24)(H2,22,23,25);1H. The average molecular weight is 409 g/mol. The minimum absolute atomic E-state index is 0. The predicted octanol–water partition coefficient (Wildman–Crippen LogP) is 3.30. The fourth-order valence-electron chi connectivity index (χ4n) is 2.28. The molecule has 0 saturated heterocycles. The van der Waals surface area contributed by atoms with Gasteiger partial charge >= 0.3 is 6.03 Å². The van der Waals surface area contributed by atoms with Crippen molar-refractivity contribution in [2.75, 3.05) is 36.7 Å². The summed E-state index contributed by atoms with van der Waals surface area (Å²) in [7, 11) is 3.02. The second kappa shape index (κ2) is 11.0. The zero-order valence-electron chi connectivity index (χ0n) is 15.9. The first-order valence-electron chi connectivity index (χ1n) is 8.38. The van der Waals surface area contributed by atoms with Gasteiger partial charge in [0.05, 0.1) is 25.6 Å². The summed E-state index contributed by atoms with van der Waals surface area (Å²) in [4.78, 5) is 24.4. The van der Waals surface area contributed by atoms with Gasteiger partial charge < -0.3 is 31.2 Å². The first-order chi connectivity index (χ1) is 13.0. The van der Waals surface area contributed by atoms with Gasteiger partial charge in [-0.15, -0.1) is 12.4 Å². The minimum Gasteiger partial charge on any atom is -0.495 e. The van der Waals surface area contributed by atoms with Crippen molar-refractivity contribution in [3.63, 3.8) is 0 Å². The molecule has 0 aliphatic heterocycles. The van der Waals surface area contributed by atoms with Crippen molar-refractivity contribution in [1.29, 1.82) is 0 Å². The SMILES string of the molecule is COc1ccccc1NC(=O)Nc1cc(NC(=O)C(C)CN)ccc1OC.Cl. The van der Waals surface area contributed by atoms with Gasteiger partial charge in [0.2, 0.25) is 5.91 Å². The maximum Gasteiger partial charge on any atom is 0.323 e. The number of nitrogens with two attached hydrogens (primary N) is 1. The van der Waals surface area contributed by atoms with Crippen LogP contribution in [-0.2, 0) is 4.79 Å². The lowest BCUT2D eigenvalue weighted by Gasteiger charge is -2.15. The van der Waals surface area contributed by atoms with Crippen LogP contribution in [0.4, 0.5) is 21.9 Å². The third kappa shape index (κ3) is 6.04. The second-order valence-corrected chi connectivity index (χ2v) is 5.82. The van der Waals surface area contributed by atoms with Crippen molar-refractivity contribution in [3.05, 3.63) is 42.5 Å². The highest BCUT2D eigenvalue weighted by molar-refractivity contribution is 6.02. The van der Waals surface area contributed by atoms with E-state index in [1.165, 1.54) is 14.2 Å². The van der Waals surface area contributed by atoms with Crippen LogP contribution < -0.4 is 31.2 Å². The highest BCUT2D eigenvalue weighted by Gasteiger charge is 2.14. The molecule has 9 heteroatoms. The number of carbonyl (C=O) groups is 2. The third-order valence-electron chi connectivity index (χ3n) is 3.87. The lowest BCUT2D eigenvalue weighted by Crippen LogP contribution is -2.26. The van der Waals surface area contributed by atoms with Crippen molar-refractivity contribution < 1.29 is 19.1 Å². The van der Waals surface area contributed by atoms with Gasteiger partial charge in [0.1, 0.15) is 11.5 Å². The molecule has 1 unspecified atom stereocenters. The van der Waals surface area contributed by atoms with Crippen LogP contribution in [0.3, 0.4) is 0 Å². The number of carbonyl (C=O) groups excluding carboxylic acids is 2. The van der Waals surface area contributed by atoms with Crippen LogP contribution in [0, 0.1) is 5.92 Å². The number of hydrogen-bond donors (Lipinski definition) is 4. The predicted molar refractivity (Wildman–Crippen MR) is 113 cm³/mol. The summed E-state index contributed by atoms with van der Waals surface area (Å²) in [6.07, 6.45) is 0. The maximum absolute atomic E-state index is 12.4. The van der Waals surface area contributed by atoms with Crippen LogP contribution >= 0.6 is 12.4 Å². The molecular weight excluding hydrogens is 384 g/mol. The van der Waals surface area contributed by atoms with Crippen molar-refractivity contribution in [2.24, 2.45) is 11.7 Å². The number of rotatable bonds is 7. The summed E-state index contributed by atoms with van der Waals surface area (Å²) in [5, 5.41) is 8.19. The Morgan fingerprint density at radius 2 is 1.57 bits per heavy atom. The molecule has 5 N–H and O–H groups in total. The summed E-state index contributed by atoms with van der Waals surface area (Å²) < 4.78 is 10.5. The quantitative estimate of drug-likeness (QED) is 0.561. The van der Waals surface area contributed by atoms with E-state index in [1.54, 1.807) is 49.4 Å².